The number of benzene rings is 4. The molecule has 3 saturated heterocycles. The summed E-state index contributed by atoms with van der Waals surface area (Å²) in [6.07, 6.45) is 12.4. The number of nitrogens with zero attached hydrogens (tertiary/aromatic N) is 6. The Morgan fingerprint density at radius 2 is 1.64 bits per heavy atom. The van der Waals surface area contributed by atoms with E-state index >= 15 is 0 Å². The van der Waals surface area contributed by atoms with Crippen LogP contribution >= 0.6 is 11.6 Å². The highest BCUT2D eigenvalue weighted by atomic mass is 35.5. The number of anilines is 3. The number of rotatable bonds is 23. The van der Waals surface area contributed by atoms with Crippen LogP contribution in [0.2, 0.25) is 5.02 Å². The number of H-pyrrole nitrogens is 1. The van der Waals surface area contributed by atoms with Crippen LogP contribution in [-0.2, 0) is 24.4 Å². The first-order chi connectivity index (χ1) is 43.3. The topological polar surface area (TPSA) is 279 Å². The lowest BCUT2D eigenvalue weighted by Gasteiger charge is -2.39. The minimum absolute atomic E-state index is 0.0302. The number of carbonyl (C=O) groups excluding carboxylic acids is 6. The summed E-state index contributed by atoms with van der Waals surface area (Å²) < 4.78 is 36.5. The maximum absolute atomic E-state index is 14.2. The first kappa shape index (κ1) is 62.9. The van der Waals surface area contributed by atoms with Crippen molar-refractivity contribution in [1.29, 1.82) is 0 Å². The molecule has 2 aromatic heterocycles. The van der Waals surface area contributed by atoms with E-state index in [1.165, 1.54) is 41.1 Å². The van der Waals surface area contributed by atoms with Gasteiger partial charge in [0.2, 0.25) is 17.7 Å². The van der Waals surface area contributed by atoms with E-state index < -0.39 is 61.1 Å². The zero-order chi connectivity index (χ0) is 63.3. The maximum atomic E-state index is 14.2. The lowest BCUT2D eigenvalue weighted by atomic mass is 9.72. The van der Waals surface area contributed by atoms with Crippen molar-refractivity contribution < 1.29 is 46.8 Å². The fourth-order valence-corrected chi connectivity index (χ4v) is 14.0. The number of ether oxygens (including phenoxy) is 1. The minimum Gasteiger partial charge on any atom is -0.455 e. The van der Waals surface area contributed by atoms with Gasteiger partial charge in [-0.1, -0.05) is 68.5 Å². The van der Waals surface area contributed by atoms with Gasteiger partial charge in [0.1, 0.15) is 28.9 Å². The van der Waals surface area contributed by atoms with Gasteiger partial charge in [0.15, 0.2) is 0 Å². The highest BCUT2D eigenvalue weighted by Crippen LogP contribution is 2.44. The van der Waals surface area contributed by atoms with Crippen molar-refractivity contribution in [2.24, 2.45) is 11.3 Å². The number of halogens is 1. The van der Waals surface area contributed by atoms with Crippen LogP contribution in [0.3, 0.4) is 0 Å². The normalized spacial score (nSPS) is 18.8. The van der Waals surface area contributed by atoms with Gasteiger partial charge >= 0.3 is 0 Å². The van der Waals surface area contributed by atoms with Crippen LogP contribution in [0.4, 0.5) is 22.7 Å². The summed E-state index contributed by atoms with van der Waals surface area (Å²) in [6, 6.07) is 24.1. The Hall–Kier alpha value is -8.67. The first-order valence-electron chi connectivity index (χ1n) is 30.9. The summed E-state index contributed by atoms with van der Waals surface area (Å²) in [5.74, 6) is -2.81. The SMILES string of the molecule is CC1(C)CCC(CN2CCN(c3ccc(C(=O)NS(=O)(=O)c4ccc(NCC5CCCN(C(=O)CCCCCCCNc6cccc7c6C(=O)N(C6CCC(=O)NC6=O)C7=O)C5)c([N+](=O)[O-])c4)c(Oc4cnc5[nH]ccc5c4)c3)CC2)=C(c2ccc(Cl)cc2)C1. The summed E-state index contributed by atoms with van der Waals surface area (Å²) in [4.78, 5) is 105. The number of piperidine rings is 2. The zero-order valence-corrected chi connectivity index (χ0v) is 52.1. The van der Waals surface area contributed by atoms with Crippen LogP contribution in [0, 0.1) is 21.4 Å². The van der Waals surface area contributed by atoms with Gasteiger partial charge in [-0.05, 0) is 134 Å². The Balaban J connectivity index is 0.662. The van der Waals surface area contributed by atoms with Crippen molar-refractivity contribution in [2.45, 2.75) is 108 Å². The smallest absolute Gasteiger partial charge is 0.293 e. The van der Waals surface area contributed by atoms with Gasteiger partial charge in [-0.15, -0.1) is 0 Å². The molecular formula is C66H74ClN11O11S. The molecule has 472 valence electrons. The number of carbonyl (C=O) groups is 6. The summed E-state index contributed by atoms with van der Waals surface area (Å²) >= 11 is 6.27. The Bertz CT molecular complexity index is 3920. The Kier molecular flexibility index (Phi) is 19.0. The molecule has 0 spiro atoms. The third-order valence-electron chi connectivity index (χ3n) is 17.9. The number of likely N-dealkylation sites (tertiary alicyclic amines) is 1. The van der Waals surface area contributed by atoms with Crippen molar-refractivity contribution in [3.8, 4) is 11.5 Å². The van der Waals surface area contributed by atoms with Gasteiger partial charge in [-0.2, -0.15) is 0 Å². The van der Waals surface area contributed by atoms with Crippen LogP contribution in [0.1, 0.15) is 134 Å². The number of amides is 6. The highest BCUT2D eigenvalue weighted by Gasteiger charge is 2.46. The fourth-order valence-electron chi connectivity index (χ4n) is 12.9. The summed E-state index contributed by atoms with van der Waals surface area (Å²) in [6.45, 7) is 10.3. The molecule has 4 aliphatic heterocycles. The van der Waals surface area contributed by atoms with Gasteiger partial charge in [0.05, 0.1) is 32.7 Å². The third-order valence-corrected chi connectivity index (χ3v) is 19.4. The second-order valence-electron chi connectivity index (χ2n) is 24.8. The van der Waals surface area contributed by atoms with Crippen molar-refractivity contribution >= 4 is 96.4 Å². The number of imide groups is 2. The molecule has 2 atom stereocenters. The molecular weight excluding hydrogens is 1190 g/mol. The highest BCUT2D eigenvalue weighted by molar-refractivity contribution is 7.90. The van der Waals surface area contributed by atoms with Crippen molar-refractivity contribution in [3.05, 3.63) is 146 Å². The number of nitro groups is 1. The van der Waals surface area contributed by atoms with Crippen LogP contribution in [0.25, 0.3) is 16.6 Å². The molecule has 3 fully saturated rings. The van der Waals surface area contributed by atoms with Crippen molar-refractivity contribution in [1.82, 2.24) is 34.7 Å². The molecule has 5 N–H and O–H groups in total. The molecule has 4 aromatic carbocycles. The van der Waals surface area contributed by atoms with Crippen molar-refractivity contribution in [2.75, 3.05) is 74.4 Å². The molecule has 6 aromatic rings. The standard InChI is InChI=1S/C66H74ClN11O11S/c1-66(2)26-24-45(52(37-66)43-14-16-46(67)17-15-43)41-74-30-32-75(33-31-74)47-18-20-50(57(35-47)89-48-34-44-25-28-69-61(44)71-39-48)62(81)73-90(87,88)49-19-21-53(56(36-49)78(85)86)70-38-42-10-9-29-76(40-42)59(80)13-6-4-3-5-7-27-68-54-12-8-11-51-60(54)65(84)77(64(51)83)55-22-23-58(79)72-63(55)82/h8,11-12,14-21,25,28,34-36,39,42,55,68,70H,3-7,9-10,13,22-24,26-27,29-33,37-38,40-41H2,1-2H3,(H,69,71)(H,73,81)(H,72,79,82). The number of fused-ring (bicyclic) bond motifs is 2. The predicted molar refractivity (Wildman–Crippen MR) is 342 cm³/mol. The van der Waals surface area contributed by atoms with E-state index in [4.69, 9.17) is 16.3 Å². The Labute approximate surface area is 527 Å². The van der Waals surface area contributed by atoms with Gasteiger partial charge in [-0.25, -0.2) is 18.1 Å². The number of aromatic amines is 1. The number of unbranched alkanes of at least 4 members (excludes halogenated alkanes) is 4. The lowest BCUT2D eigenvalue weighted by Crippen LogP contribution is -2.54. The Morgan fingerprint density at radius 3 is 2.43 bits per heavy atom. The number of allylic oxidation sites excluding steroid dienone is 1. The van der Waals surface area contributed by atoms with E-state index in [1.807, 2.05) is 23.1 Å². The molecule has 1 aliphatic carbocycles. The number of hydrogen-bond acceptors (Lipinski definition) is 16. The van der Waals surface area contributed by atoms with E-state index in [-0.39, 0.29) is 58.2 Å². The summed E-state index contributed by atoms with van der Waals surface area (Å²) in [5, 5.41) is 22.6. The molecule has 22 nitrogen and oxygen atoms in total. The largest absolute Gasteiger partial charge is 0.455 e. The quantitative estimate of drug-likeness (QED) is 0.0173. The molecule has 2 unspecified atom stereocenters. The van der Waals surface area contributed by atoms with Crippen LogP contribution < -0.4 is 30.3 Å². The maximum Gasteiger partial charge on any atom is 0.293 e. The van der Waals surface area contributed by atoms with Crippen LogP contribution in [0.5, 0.6) is 11.5 Å². The number of hydrogen-bond donors (Lipinski definition) is 5. The molecule has 11 rings (SSSR count). The lowest BCUT2D eigenvalue weighted by molar-refractivity contribution is -0.384. The zero-order valence-electron chi connectivity index (χ0n) is 50.5. The van der Waals surface area contributed by atoms with E-state index in [2.05, 4.69) is 66.4 Å². The van der Waals surface area contributed by atoms with Gasteiger partial charge in [0, 0.05) is 112 Å². The number of sulfonamides is 1. The van der Waals surface area contributed by atoms with Crippen LogP contribution in [-0.4, -0.2) is 138 Å². The number of nitro benzene ring substituents is 1. The minimum atomic E-state index is -4.68. The average Bonchev–Trinajstić information content (AvgIpc) is 1.65. The fraction of sp³-hybridized carbons (Fsp3) is 0.409. The molecule has 90 heavy (non-hydrogen) atoms. The van der Waals surface area contributed by atoms with E-state index in [9.17, 15) is 47.3 Å². The van der Waals surface area contributed by atoms with E-state index in [0.29, 0.717) is 74.2 Å². The second-order valence-corrected chi connectivity index (χ2v) is 26.9. The average molecular weight is 1260 g/mol. The molecule has 6 amide bonds. The molecule has 0 saturated carbocycles. The Morgan fingerprint density at radius 1 is 0.856 bits per heavy atom. The van der Waals surface area contributed by atoms with Gasteiger partial charge in [-0.3, -0.25) is 54.0 Å². The van der Waals surface area contributed by atoms with Gasteiger partial charge in [0.25, 0.3) is 33.4 Å². The predicted octanol–water partition coefficient (Wildman–Crippen LogP) is 10.3. The number of piperazine rings is 1. The number of nitrogens with one attached hydrogen (secondary N) is 5. The van der Waals surface area contributed by atoms with E-state index in [1.54, 1.807) is 42.6 Å². The number of aromatic nitrogens is 2. The monoisotopic (exact) mass is 1260 g/mol. The van der Waals surface area contributed by atoms with Gasteiger partial charge < -0.3 is 30.2 Å². The third kappa shape index (κ3) is 14.5. The molecule has 5 aliphatic rings. The van der Waals surface area contributed by atoms with Crippen LogP contribution in [0.15, 0.2) is 114 Å². The molecule has 6 heterocycles. The summed E-state index contributed by atoms with van der Waals surface area (Å²) in [7, 11) is -4.68. The van der Waals surface area contributed by atoms with E-state index in [0.717, 1.165) is 99.5 Å². The molecule has 24 heteroatoms. The first-order valence-corrected chi connectivity index (χ1v) is 32.8. The number of pyridine rings is 1. The second kappa shape index (κ2) is 27.2. The van der Waals surface area contributed by atoms with Crippen molar-refractivity contribution in [3.63, 3.8) is 0 Å². The molecule has 0 radical (unpaired) electrons. The molecule has 0 bridgehead atoms. The summed E-state index contributed by atoms with van der Waals surface area (Å²) in [5.41, 5.74) is 6.10.